The highest BCUT2D eigenvalue weighted by molar-refractivity contribution is 7.99. The van der Waals surface area contributed by atoms with E-state index in [-0.39, 0.29) is 0 Å². The Balaban J connectivity index is 1.57. The van der Waals surface area contributed by atoms with E-state index in [2.05, 4.69) is 58.1 Å². The van der Waals surface area contributed by atoms with E-state index in [1.807, 2.05) is 18.8 Å². The summed E-state index contributed by atoms with van der Waals surface area (Å²) in [6.45, 7) is 0.958. The van der Waals surface area contributed by atoms with Gasteiger partial charge >= 0.3 is 0 Å². The van der Waals surface area contributed by atoms with Crippen LogP contribution in [0.3, 0.4) is 0 Å². The lowest BCUT2D eigenvalue weighted by atomic mass is 10.2. The number of aliphatic imine (C=N–C) groups is 1. The summed E-state index contributed by atoms with van der Waals surface area (Å²) in [4.78, 5) is 5.61. The van der Waals surface area contributed by atoms with Crippen molar-refractivity contribution in [2.75, 3.05) is 19.3 Å². The first kappa shape index (κ1) is 15.0. The molecule has 4 heteroatoms. The van der Waals surface area contributed by atoms with Gasteiger partial charge in [-0.15, -0.1) is 11.8 Å². The van der Waals surface area contributed by atoms with Crippen LogP contribution in [0.4, 0.5) is 0 Å². The Hall–Kier alpha value is -1.42. The molecule has 0 fully saturated rings. The maximum atomic E-state index is 4.27. The molecule has 108 valence electrons. The molecule has 0 atom stereocenters. The van der Waals surface area contributed by atoms with Crippen molar-refractivity contribution in [2.45, 2.75) is 30.2 Å². The van der Waals surface area contributed by atoms with Gasteiger partial charge in [-0.05, 0) is 37.1 Å². The van der Waals surface area contributed by atoms with Gasteiger partial charge in [0.25, 0.3) is 0 Å². The van der Waals surface area contributed by atoms with Crippen LogP contribution >= 0.6 is 11.8 Å². The molecule has 20 heavy (non-hydrogen) atoms. The van der Waals surface area contributed by atoms with Crippen LogP contribution in [0.2, 0.25) is 0 Å². The zero-order valence-electron chi connectivity index (χ0n) is 12.0. The molecular formula is C16H23N3S. The Kier molecular flexibility index (Phi) is 6.51. The summed E-state index contributed by atoms with van der Waals surface area (Å²) in [5, 5.41) is 6.82. The molecule has 1 aromatic carbocycles. The van der Waals surface area contributed by atoms with E-state index in [1.54, 1.807) is 0 Å². The lowest BCUT2D eigenvalue weighted by molar-refractivity contribution is 0.632. The molecule has 0 unspecified atom stereocenters. The average Bonchev–Trinajstić information content (AvgIpc) is 3.00. The van der Waals surface area contributed by atoms with Gasteiger partial charge < -0.3 is 10.6 Å². The summed E-state index contributed by atoms with van der Waals surface area (Å²) in [5.41, 5.74) is 0. The maximum Gasteiger partial charge on any atom is 0.191 e. The molecule has 0 spiro atoms. The van der Waals surface area contributed by atoms with Gasteiger partial charge in [0.1, 0.15) is 0 Å². The van der Waals surface area contributed by atoms with E-state index in [0.29, 0.717) is 6.04 Å². The Labute approximate surface area is 126 Å². The highest BCUT2D eigenvalue weighted by Crippen LogP contribution is 2.17. The van der Waals surface area contributed by atoms with Crippen LogP contribution in [-0.4, -0.2) is 31.3 Å². The van der Waals surface area contributed by atoms with Crippen molar-refractivity contribution in [3.05, 3.63) is 42.5 Å². The zero-order chi connectivity index (χ0) is 14.0. The molecule has 2 rings (SSSR count). The molecule has 0 aliphatic heterocycles. The molecular weight excluding hydrogens is 266 g/mol. The maximum absolute atomic E-state index is 4.27. The molecule has 0 amide bonds. The number of benzene rings is 1. The van der Waals surface area contributed by atoms with Crippen LogP contribution in [0.5, 0.6) is 0 Å². The number of nitrogens with zero attached hydrogens (tertiary/aromatic N) is 1. The van der Waals surface area contributed by atoms with Crippen LogP contribution in [0.25, 0.3) is 0 Å². The second-order valence-corrected chi connectivity index (χ2v) is 5.97. The molecule has 0 radical (unpaired) electrons. The van der Waals surface area contributed by atoms with E-state index in [4.69, 9.17) is 0 Å². The second-order valence-electron chi connectivity index (χ2n) is 4.80. The van der Waals surface area contributed by atoms with Crippen molar-refractivity contribution in [1.29, 1.82) is 0 Å². The van der Waals surface area contributed by atoms with Gasteiger partial charge in [-0.2, -0.15) is 0 Å². The fraction of sp³-hybridized carbons (Fsp3) is 0.438. The Morgan fingerprint density at radius 3 is 2.70 bits per heavy atom. The number of hydrogen-bond acceptors (Lipinski definition) is 2. The van der Waals surface area contributed by atoms with Crippen LogP contribution in [0.1, 0.15) is 19.3 Å². The van der Waals surface area contributed by atoms with E-state index in [9.17, 15) is 0 Å². The first-order valence-electron chi connectivity index (χ1n) is 7.18. The van der Waals surface area contributed by atoms with Gasteiger partial charge in [0.2, 0.25) is 0 Å². The fourth-order valence-electron chi connectivity index (χ4n) is 2.11. The minimum atomic E-state index is 0.514. The zero-order valence-corrected chi connectivity index (χ0v) is 12.8. The Morgan fingerprint density at radius 2 is 2.00 bits per heavy atom. The highest BCUT2D eigenvalue weighted by Gasteiger charge is 2.10. The molecule has 1 aliphatic carbocycles. The van der Waals surface area contributed by atoms with Gasteiger partial charge in [0, 0.05) is 24.5 Å². The summed E-state index contributed by atoms with van der Waals surface area (Å²) in [6.07, 6.45) is 7.78. The van der Waals surface area contributed by atoms with Crippen molar-refractivity contribution in [3.63, 3.8) is 0 Å². The molecule has 0 saturated carbocycles. The number of nitrogens with one attached hydrogen (secondary N) is 2. The predicted octanol–water partition coefficient (Wildman–Crippen LogP) is 3.05. The van der Waals surface area contributed by atoms with Crippen LogP contribution < -0.4 is 10.6 Å². The third-order valence-corrected chi connectivity index (χ3v) is 4.30. The molecule has 3 nitrogen and oxygen atoms in total. The van der Waals surface area contributed by atoms with Crippen molar-refractivity contribution in [1.82, 2.24) is 10.6 Å². The number of hydrogen-bond donors (Lipinski definition) is 2. The monoisotopic (exact) mass is 289 g/mol. The number of guanidine groups is 1. The van der Waals surface area contributed by atoms with Crippen molar-refractivity contribution in [3.8, 4) is 0 Å². The van der Waals surface area contributed by atoms with Crippen LogP contribution in [0, 0.1) is 0 Å². The normalized spacial score (nSPS) is 15.6. The summed E-state index contributed by atoms with van der Waals surface area (Å²) in [6, 6.07) is 11.1. The standard InChI is InChI=1S/C16H23N3S/c1-17-16(19-14-8-5-6-9-14)18-12-7-13-20-15-10-3-2-4-11-15/h2-6,10-11,14H,7-9,12-13H2,1H3,(H2,17,18,19). The quantitative estimate of drug-likeness (QED) is 0.278. The van der Waals surface area contributed by atoms with E-state index < -0.39 is 0 Å². The summed E-state index contributed by atoms with van der Waals surface area (Å²) < 4.78 is 0. The third kappa shape index (κ3) is 5.29. The van der Waals surface area contributed by atoms with Gasteiger partial charge in [0.05, 0.1) is 0 Å². The number of thioether (sulfide) groups is 1. The fourth-order valence-corrected chi connectivity index (χ4v) is 2.98. The molecule has 2 N–H and O–H groups in total. The minimum Gasteiger partial charge on any atom is -0.356 e. The smallest absolute Gasteiger partial charge is 0.191 e. The van der Waals surface area contributed by atoms with Crippen LogP contribution in [-0.2, 0) is 0 Å². The van der Waals surface area contributed by atoms with Gasteiger partial charge in [-0.3, -0.25) is 4.99 Å². The van der Waals surface area contributed by atoms with Crippen molar-refractivity contribution >= 4 is 17.7 Å². The minimum absolute atomic E-state index is 0.514. The second kappa shape index (κ2) is 8.69. The largest absolute Gasteiger partial charge is 0.356 e. The van der Waals surface area contributed by atoms with E-state index in [0.717, 1.165) is 37.5 Å². The number of rotatable bonds is 6. The van der Waals surface area contributed by atoms with Gasteiger partial charge in [-0.25, -0.2) is 0 Å². The molecule has 0 saturated heterocycles. The van der Waals surface area contributed by atoms with E-state index in [1.165, 1.54) is 4.90 Å². The average molecular weight is 289 g/mol. The molecule has 1 aliphatic rings. The van der Waals surface area contributed by atoms with Gasteiger partial charge in [-0.1, -0.05) is 30.4 Å². The Morgan fingerprint density at radius 1 is 1.25 bits per heavy atom. The molecule has 1 aromatic rings. The molecule has 0 bridgehead atoms. The first-order chi connectivity index (χ1) is 9.88. The highest BCUT2D eigenvalue weighted by atomic mass is 32.2. The van der Waals surface area contributed by atoms with Crippen molar-refractivity contribution in [2.24, 2.45) is 4.99 Å². The predicted molar refractivity (Wildman–Crippen MR) is 88.4 cm³/mol. The SMILES string of the molecule is CN=C(NCCCSc1ccccc1)NC1CC=CC1. The summed E-state index contributed by atoms with van der Waals surface area (Å²) in [5.74, 6) is 2.04. The summed E-state index contributed by atoms with van der Waals surface area (Å²) >= 11 is 1.90. The lowest BCUT2D eigenvalue weighted by Crippen LogP contribution is -2.42. The van der Waals surface area contributed by atoms with Crippen LogP contribution in [0.15, 0.2) is 52.4 Å². The third-order valence-electron chi connectivity index (χ3n) is 3.20. The Bertz CT molecular complexity index is 434. The topological polar surface area (TPSA) is 36.4 Å². The first-order valence-corrected chi connectivity index (χ1v) is 8.17. The molecule has 0 heterocycles. The van der Waals surface area contributed by atoms with Gasteiger partial charge in [0.15, 0.2) is 5.96 Å². The summed E-state index contributed by atoms with van der Waals surface area (Å²) in [7, 11) is 1.83. The van der Waals surface area contributed by atoms with E-state index >= 15 is 0 Å². The molecule has 0 aromatic heterocycles. The van der Waals surface area contributed by atoms with Crippen molar-refractivity contribution < 1.29 is 0 Å². The lowest BCUT2D eigenvalue weighted by Gasteiger charge is -2.16.